The Morgan fingerprint density at radius 3 is 1.50 bits per heavy atom. The molecule has 0 fully saturated rings. The van der Waals surface area contributed by atoms with Gasteiger partial charge in [-0.3, -0.25) is 0 Å². The molecule has 0 aliphatic heterocycles. The van der Waals surface area contributed by atoms with Gasteiger partial charge < -0.3 is 4.98 Å². The summed E-state index contributed by atoms with van der Waals surface area (Å²) in [6.07, 6.45) is 0. The number of benzene rings is 9. The van der Waals surface area contributed by atoms with Crippen LogP contribution in [-0.2, 0) is 5.41 Å². The normalized spacial score (nSPS) is 13.4. The van der Waals surface area contributed by atoms with Crippen LogP contribution in [0.15, 0.2) is 182 Å². The van der Waals surface area contributed by atoms with Crippen molar-refractivity contribution in [2.75, 3.05) is 0 Å². The fraction of sp³-hybridized carbons (Fsp3) is 0.0204. The van der Waals surface area contributed by atoms with E-state index in [0.717, 1.165) is 5.52 Å². The molecule has 1 heteroatoms. The number of rotatable bonds is 4. The number of aromatic nitrogens is 1. The number of hydrogen-bond donors (Lipinski definition) is 1. The van der Waals surface area contributed by atoms with E-state index in [2.05, 4.69) is 187 Å². The molecular formula is C49H31N. The highest BCUT2D eigenvalue weighted by atomic mass is 14.7. The number of hydrogen-bond acceptors (Lipinski definition) is 0. The lowest BCUT2D eigenvalue weighted by molar-refractivity contribution is 0.772. The van der Waals surface area contributed by atoms with Crippen LogP contribution >= 0.6 is 0 Å². The minimum Gasteiger partial charge on any atom is -0.354 e. The Balaban J connectivity index is 1.23. The number of aromatic amines is 1. The third kappa shape index (κ3) is 3.78. The molecule has 1 aliphatic carbocycles. The van der Waals surface area contributed by atoms with Crippen LogP contribution in [0.1, 0.15) is 22.3 Å². The molecule has 1 aliphatic rings. The van der Waals surface area contributed by atoms with Gasteiger partial charge in [-0.2, -0.15) is 0 Å². The molecule has 1 nitrogen and oxygen atoms in total. The molecule has 1 aromatic heterocycles. The summed E-state index contributed by atoms with van der Waals surface area (Å²) in [4.78, 5) is 3.68. The van der Waals surface area contributed by atoms with Gasteiger partial charge in [-0.15, -0.1) is 0 Å². The third-order valence-corrected chi connectivity index (χ3v) is 11.2. The standard InChI is InChI=1S/C49H31N/c1-3-13-39(14-4-1)49(40-15-5-2-6-16-40)43-28-37(33-20-19-31-11-7-8-12-32(31)25-33)26-35-21-22-36-27-38(29-44(49)48(36)47(35)43)34-23-24-42-41-17-9-10-18-45(41)50-46(42)30-34/h1-30,50H. The molecule has 1 heterocycles. The maximum absolute atomic E-state index is 3.68. The average Bonchev–Trinajstić information content (AvgIpc) is 3.71. The minimum atomic E-state index is -0.503. The lowest BCUT2D eigenvalue weighted by Crippen LogP contribution is -2.28. The van der Waals surface area contributed by atoms with Crippen LogP contribution < -0.4 is 0 Å². The zero-order valence-corrected chi connectivity index (χ0v) is 27.3. The van der Waals surface area contributed by atoms with E-state index in [1.807, 2.05) is 0 Å². The van der Waals surface area contributed by atoms with E-state index in [9.17, 15) is 0 Å². The largest absolute Gasteiger partial charge is 0.354 e. The summed E-state index contributed by atoms with van der Waals surface area (Å²) < 4.78 is 0. The van der Waals surface area contributed by atoms with Gasteiger partial charge in [0.1, 0.15) is 0 Å². The van der Waals surface area contributed by atoms with Gasteiger partial charge in [-0.25, -0.2) is 0 Å². The molecule has 0 atom stereocenters. The molecule has 9 aromatic carbocycles. The smallest absolute Gasteiger partial charge is 0.0714 e. The molecule has 0 spiro atoms. The van der Waals surface area contributed by atoms with E-state index in [4.69, 9.17) is 0 Å². The van der Waals surface area contributed by atoms with Crippen LogP contribution in [0.2, 0.25) is 0 Å². The number of H-pyrrole nitrogens is 1. The van der Waals surface area contributed by atoms with E-state index < -0.39 is 5.41 Å². The fourth-order valence-corrected chi connectivity index (χ4v) is 8.97. The Hall–Kier alpha value is -6.44. The first-order valence-electron chi connectivity index (χ1n) is 17.4. The van der Waals surface area contributed by atoms with E-state index in [-0.39, 0.29) is 0 Å². The topological polar surface area (TPSA) is 15.8 Å². The Morgan fingerprint density at radius 2 is 0.820 bits per heavy atom. The highest BCUT2D eigenvalue weighted by Crippen LogP contribution is 2.57. The molecule has 0 radical (unpaired) electrons. The molecular weight excluding hydrogens is 603 g/mol. The average molecular weight is 634 g/mol. The third-order valence-electron chi connectivity index (χ3n) is 11.2. The van der Waals surface area contributed by atoms with E-state index in [0.29, 0.717) is 0 Å². The summed E-state index contributed by atoms with van der Waals surface area (Å²) in [5.41, 5.74) is 12.0. The van der Waals surface area contributed by atoms with E-state index in [1.165, 1.54) is 93.1 Å². The molecule has 0 saturated carbocycles. The van der Waals surface area contributed by atoms with Gasteiger partial charge in [0, 0.05) is 21.8 Å². The van der Waals surface area contributed by atoms with Gasteiger partial charge in [0.15, 0.2) is 0 Å². The maximum atomic E-state index is 3.68. The van der Waals surface area contributed by atoms with Crippen molar-refractivity contribution in [1.82, 2.24) is 4.98 Å². The fourth-order valence-electron chi connectivity index (χ4n) is 8.97. The van der Waals surface area contributed by atoms with Crippen molar-refractivity contribution in [3.05, 3.63) is 204 Å². The SMILES string of the molecule is c1ccc(C2(c3ccccc3)c3cc(-c4ccc5ccccc5c4)cc4ccc5cc(-c6ccc7c(c6)[nH]c6ccccc67)cc2c5c34)cc1. The van der Waals surface area contributed by atoms with Crippen molar-refractivity contribution in [2.45, 2.75) is 5.41 Å². The van der Waals surface area contributed by atoms with Gasteiger partial charge in [-0.1, -0.05) is 140 Å². The monoisotopic (exact) mass is 633 g/mol. The lowest BCUT2D eigenvalue weighted by atomic mass is 9.66. The Bertz CT molecular complexity index is 2930. The van der Waals surface area contributed by atoms with Crippen LogP contribution in [0, 0.1) is 0 Å². The summed E-state index contributed by atoms with van der Waals surface area (Å²) in [6.45, 7) is 0. The van der Waals surface area contributed by atoms with Crippen molar-refractivity contribution in [3.63, 3.8) is 0 Å². The first-order valence-corrected chi connectivity index (χ1v) is 17.4. The molecule has 50 heavy (non-hydrogen) atoms. The second-order valence-corrected chi connectivity index (χ2v) is 13.8. The molecule has 0 bridgehead atoms. The first kappa shape index (κ1) is 27.5. The van der Waals surface area contributed by atoms with Crippen molar-refractivity contribution in [1.29, 1.82) is 0 Å². The molecule has 0 unspecified atom stereocenters. The van der Waals surface area contributed by atoms with Gasteiger partial charge >= 0.3 is 0 Å². The van der Waals surface area contributed by atoms with Crippen LogP contribution in [0.4, 0.5) is 0 Å². The van der Waals surface area contributed by atoms with Crippen molar-refractivity contribution in [2.24, 2.45) is 0 Å². The van der Waals surface area contributed by atoms with Crippen LogP contribution in [0.3, 0.4) is 0 Å². The Labute approximate surface area is 290 Å². The van der Waals surface area contributed by atoms with Crippen molar-refractivity contribution >= 4 is 54.1 Å². The summed E-state index contributed by atoms with van der Waals surface area (Å²) in [7, 11) is 0. The maximum Gasteiger partial charge on any atom is 0.0714 e. The van der Waals surface area contributed by atoms with Gasteiger partial charge in [0.25, 0.3) is 0 Å². The minimum absolute atomic E-state index is 0.503. The zero-order chi connectivity index (χ0) is 32.8. The number of nitrogens with one attached hydrogen (secondary N) is 1. The second-order valence-electron chi connectivity index (χ2n) is 13.8. The molecule has 0 saturated heterocycles. The zero-order valence-electron chi connectivity index (χ0n) is 27.3. The second kappa shape index (κ2) is 10.3. The first-order chi connectivity index (χ1) is 24.8. The summed E-state index contributed by atoms with van der Waals surface area (Å²) >= 11 is 0. The summed E-state index contributed by atoms with van der Waals surface area (Å²) in [5, 5.41) is 10.3. The number of fused-ring (bicyclic) bond motifs is 4. The molecule has 11 rings (SSSR count). The summed E-state index contributed by atoms with van der Waals surface area (Å²) in [6, 6.07) is 67.8. The number of para-hydroxylation sites is 1. The van der Waals surface area contributed by atoms with E-state index >= 15 is 0 Å². The van der Waals surface area contributed by atoms with Gasteiger partial charge in [-0.05, 0) is 119 Å². The Kier molecular flexibility index (Phi) is 5.66. The van der Waals surface area contributed by atoms with E-state index in [1.54, 1.807) is 0 Å². The highest BCUT2D eigenvalue weighted by Gasteiger charge is 2.45. The summed E-state index contributed by atoms with van der Waals surface area (Å²) in [5.74, 6) is 0. The molecule has 1 N–H and O–H groups in total. The van der Waals surface area contributed by atoms with Gasteiger partial charge in [0.2, 0.25) is 0 Å². The predicted molar refractivity (Wildman–Crippen MR) is 211 cm³/mol. The lowest BCUT2D eigenvalue weighted by Gasteiger charge is -2.34. The van der Waals surface area contributed by atoms with Crippen molar-refractivity contribution in [3.8, 4) is 22.3 Å². The van der Waals surface area contributed by atoms with Crippen LogP contribution in [0.5, 0.6) is 0 Å². The van der Waals surface area contributed by atoms with Gasteiger partial charge in [0.05, 0.1) is 5.41 Å². The molecule has 0 amide bonds. The van der Waals surface area contributed by atoms with Crippen molar-refractivity contribution < 1.29 is 0 Å². The van der Waals surface area contributed by atoms with Crippen LogP contribution in [-0.4, -0.2) is 4.98 Å². The molecule has 10 aromatic rings. The molecule has 232 valence electrons. The van der Waals surface area contributed by atoms with Crippen LogP contribution in [0.25, 0.3) is 76.4 Å². The Morgan fingerprint density at radius 1 is 0.320 bits per heavy atom. The predicted octanol–water partition coefficient (Wildman–Crippen LogP) is 12.8. The highest BCUT2D eigenvalue weighted by molar-refractivity contribution is 6.18. The quantitative estimate of drug-likeness (QED) is 0.186.